The zero-order chi connectivity index (χ0) is 20.5. The van der Waals surface area contributed by atoms with Crippen molar-refractivity contribution in [2.45, 2.75) is 57.5 Å². The number of nitrogens with one attached hydrogen (secondary N) is 1. The lowest BCUT2D eigenvalue weighted by Crippen LogP contribution is -2.48. The van der Waals surface area contributed by atoms with Crippen molar-refractivity contribution in [1.82, 2.24) is 9.62 Å². The average molecular weight is 418 g/mol. The first-order valence-corrected chi connectivity index (χ1v) is 11.2. The Morgan fingerprint density at radius 2 is 1.71 bits per heavy atom. The molecule has 28 heavy (non-hydrogen) atoms. The third-order valence-corrected chi connectivity index (χ3v) is 7.69. The minimum Gasteiger partial charge on any atom is -0.355 e. The number of amides is 1. The van der Waals surface area contributed by atoms with E-state index in [1.807, 2.05) is 0 Å². The summed E-state index contributed by atoms with van der Waals surface area (Å²) in [6, 6.07) is 1.31. The second-order valence-corrected chi connectivity index (χ2v) is 9.74. The normalized spacial score (nSPS) is 25.1. The molecular weight excluding hydrogens is 393 g/mol. The molecule has 156 valence electrons. The average Bonchev–Trinajstić information content (AvgIpc) is 2.89. The Labute approximate surface area is 163 Å². The maximum Gasteiger partial charge on any atom is 0.216 e. The van der Waals surface area contributed by atoms with Gasteiger partial charge in [-0.1, -0.05) is 0 Å². The summed E-state index contributed by atoms with van der Waals surface area (Å²) in [5.41, 5.74) is 0.150. The quantitative estimate of drug-likeness (QED) is 0.693. The maximum atomic E-state index is 13.8. The van der Waals surface area contributed by atoms with Crippen LogP contribution in [0.4, 0.5) is 13.2 Å². The Bertz CT molecular complexity index is 833. The maximum absolute atomic E-state index is 13.8. The zero-order valence-corrected chi connectivity index (χ0v) is 16.6. The molecule has 0 spiro atoms. The molecule has 9 heteroatoms. The highest BCUT2D eigenvalue weighted by Gasteiger charge is 2.46. The fourth-order valence-corrected chi connectivity index (χ4v) is 6.38. The molecule has 0 saturated carbocycles. The molecule has 2 saturated heterocycles. The van der Waals surface area contributed by atoms with Crippen molar-refractivity contribution < 1.29 is 26.4 Å². The third kappa shape index (κ3) is 4.68. The molecule has 0 aromatic heterocycles. The van der Waals surface area contributed by atoms with E-state index in [0.29, 0.717) is 31.7 Å². The summed E-state index contributed by atoms with van der Waals surface area (Å²) in [4.78, 5) is 11.0. The smallest absolute Gasteiger partial charge is 0.216 e. The van der Waals surface area contributed by atoms with Crippen LogP contribution in [0.3, 0.4) is 0 Å². The highest BCUT2D eigenvalue weighted by molar-refractivity contribution is 7.89. The van der Waals surface area contributed by atoms with Gasteiger partial charge in [0.25, 0.3) is 0 Å². The molecule has 0 radical (unpaired) electrons. The van der Waals surface area contributed by atoms with Crippen LogP contribution in [-0.2, 0) is 21.2 Å². The van der Waals surface area contributed by atoms with Crippen molar-refractivity contribution in [1.29, 1.82) is 0 Å². The fourth-order valence-electron chi connectivity index (χ4n) is 4.51. The Hall–Kier alpha value is -1.61. The molecule has 1 N–H and O–H groups in total. The van der Waals surface area contributed by atoms with Gasteiger partial charge in [0.1, 0.15) is 5.82 Å². The van der Waals surface area contributed by atoms with Crippen molar-refractivity contribution in [2.24, 2.45) is 5.92 Å². The van der Waals surface area contributed by atoms with Gasteiger partial charge in [0, 0.05) is 31.6 Å². The summed E-state index contributed by atoms with van der Waals surface area (Å²) in [5, 5.41) is 2.51. The van der Waals surface area contributed by atoms with Crippen LogP contribution in [0.2, 0.25) is 0 Å². The lowest BCUT2D eigenvalue weighted by molar-refractivity contribution is -0.118. The molecule has 1 aromatic rings. The lowest BCUT2D eigenvalue weighted by Gasteiger charge is -2.38. The first-order chi connectivity index (χ1) is 13.2. The van der Waals surface area contributed by atoms with E-state index in [1.165, 1.54) is 6.92 Å². The third-order valence-electron chi connectivity index (χ3n) is 5.73. The van der Waals surface area contributed by atoms with Gasteiger partial charge >= 0.3 is 0 Å². The van der Waals surface area contributed by atoms with Crippen molar-refractivity contribution in [3.8, 4) is 0 Å². The molecule has 2 aliphatic heterocycles. The molecule has 2 bridgehead atoms. The van der Waals surface area contributed by atoms with Crippen LogP contribution in [0.25, 0.3) is 0 Å². The number of carbonyl (C=O) groups excluding carboxylic acids is 1. The van der Waals surface area contributed by atoms with E-state index in [1.54, 1.807) is 4.31 Å². The molecule has 2 heterocycles. The van der Waals surface area contributed by atoms with Gasteiger partial charge in [-0.05, 0) is 56.1 Å². The summed E-state index contributed by atoms with van der Waals surface area (Å²) >= 11 is 0. The molecule has 2 aliphatic rings. The number of hydrogen-bond donors (Lipinski definition) is 1. The van der Waals surface area contributed by atoms with Gasteiger partial charge < -0.3 is 5.32 Å². The highest BCUT2D eigenvalue weighted by Crippen LogP contribution is 2.42. The summed E-state index contributed by atoms with van der Waals surface area (Å²) in [5.74, 6) is -3.17. The predicted molar refractivity (Wildman–Crippen MR) is 98.5 cm³/mol. The second kappa shape index (κ2) is 8.41. The van der Waals surface area contributed by atoms with Crippen LogP contribution in [0, 0.1) is 23.4 Å². The van der Waals surface area contributed by atoms with Gasteiger partial charge in [0.05, 0.1) is 5.75 Å². The Kier molecular flexibility index (Phi) is 6.34. The number of halogens is 3. The standard InChI is InChI=1S/C19H25F3N2O3S/c1-12(25)23-6-7-28(26,27)24-15-4-5-16(24)9-13(8-15)2-3-14-10-18(21)19(22)11-17(14)20/h10-11,13,15-16H,2-9H2,1H3,(H,23,25)/t13?,15-,16+. The second-order valence-electron chi connectivity index (χ2n) is 7.75. The van der Waals surface area contributed by atoms with Crippen LogP contribution in [-0.4, -0.2) is 43.0 Å². The number of aryl methyl sites for hydroxylation is 1. The van der Waals surface area contributed by atoms with E-state index < -0.39 is 27.5 Å². The van der Waals surface area contributed by atoms with Crippen LogP contribution in [0.1, 0.15) is 44.6 Å². The monoisotopic (exact) mass is 418 g/mol. The van der Waals surface area contributed by atoms with Gasteiger partial charge in [0.2, 0.25) is 15.9 Å². The van der Waals surface area contributed by atoms with Crippen LogP contribution >= 0.6 is 0 Å². The van der Waals surface area contributed by atoms with Crippen LogP contribution < -0.4 is 5.32 Å². The Morgan fingerprint density at radius 1 is 1.11 bits per heavy atom. The van der Waals surface area contributed by atoms with Crippen molar-refractivity contribution >= 4 is 15.9 Å². The Morgan fingerprint density at radius 3 is 2.32 bits per heavy atom. The molecule has 3 atom stereocenters. The van der Waals surface area contributed by atoms with Gasteiger partial charge in [-0.15, -0.1) is 0 Å². The molecule has 1 amide bonds. The van der Waals surface area contributed by atoms with E-state index in [0.717, 1.165) is 18.9 Å². The molecule has 0 aliphatic carbocycles. The summed E-state index contributed by atoms with van der Waals surface area (Å²) < 4.78 is 67.2. The van der Waals surface area contributed by atoms with Crippen molar-refractivity contribution in [3.05, 3.63) is 35.1 Å². The lowest BCUT2D eigenvalue weighted by atomic mass is 9.87. The summed E-state index contributed by atoms with van der Waals surface area (Å²) in [6.45, 7) is 1.43. The van der Waals surface area contributed by atoms with Crippen LogP contribution in [0.15, 0.2) is 12.1 Å². The largest absolute Gasteiger partial charge is 0.355 e. The number of nitrogens with zero attached hydrogens (tertiary/aromatic N) is 1. The molecule has 5 nitrogen and oxygen atoms in total. The summed E-state index contributed by atoms with van der Waals surface area (Å²) in [7, 11) is -3.46. The fraction of sp³-hybridized carbons (Fsp3) is 0.632. The number of rotatable bonds is 7. The number of carbonyl (C=O) groups is 1. The van der Waals surface area contributed by atoms with E-state index in [4.69, 9.17) is 0 Å². The van der Waals surface area contributed by atoms with Gasteiger partial charge in [-0.25, -0.2) is 21.6 Å². The van der Waals surface area contributed by atoms with Crippen molar-refractivity contribution in [3.63, 3.8) is 0 Å². The molecule has 1 aromatic carbocycles. The number of fused-ring (bicyclic) bond motifs is 2. The zero-order valence-electron chi connectivity index (χ0n) is 15.8. The van der Waals surface area contributed by atoms with E-state index in [2.05, 4.69) is 5.32 Å². The topological polar surface area (TPSA) is 66.5 Å². The van der Waals surface area contributed by atoms with Gasteiger partial charge in [0.15, 0.2) is 11.6 Å². The molecule has 2 fully saturated rings. The number of benzene rings is 1. The minimum absolute atomic E-state index is 0.0825. The first kappa shape index (κ1) is 21.1. The van der Waals surface area contributed by atoms with Gasteiger partial charge in [-0.2, -0.15) is 4.31 Å². The highest BCUT2D eigenvalue weighted by atomic mass is 32.2. The first-order valence-electron chi connectivity index (χ1n) is 9.56. The molecule has 3 rings (SSSR count). The SMILES string of the molecule is CC(=O)NCCS(=O)(=O)N1[C@@H]2CC[C@H]1CC(CCc1cc(F)c(F)cc1F)C2. The molecular formula is C19H25F3N2O3S. The van der Waals surface area contributed by atoms with E-state index in [-0.39, 0.29) is 41.8 Å². The number of hydrogen-bond acceptors (Lipinski definition) is 3. The number of sulfonamides is 1. The Balaban J connectivity index is 1.59. The van der Waals surface area contributed by atoms with Crippen LogP contribution in [0.5, 0.6) is 0 Å². The number of piperidine rings is 1. The summed E-state index contributed by atoms with van der Waals surface area (Å²) in [6.07, 6.45) is 3.85. The van der Waals surface area contributed by atoms with E-state index in [9.17, 15) is 26.4 Å². The molecule has 1 unspecified atom stereocenters. The predicted octanol–water partition coefficient (Wildman–Crippen LogP) is 2.75. The minimum atomic E-state index is -3.46. The van der Waals surface area contributed by atoms with Gasteiger partial charge in [-0.3, -0.25) is 4.79 Å². The van der Waals surface area contributed by atoms with E-state index >= 15 is 0 Å². The van der Waals surface area contributed by atoms with Crippen molar-refractivity contribution in [2.75, 3.05) is 12.3 Å².